The standard InChI is InChI=1S/C18H14ClN3O2S/c19-13-6-3-5-12(10-13)17-21-22-18(24-17)25-15-9-8-11-4-1-2-7-14(11)20-16(15)23/h1-7,10,15H,8-9H2,(H,20,23)/t15-/m0/s1. The van der Waals surface area contributed by atoms with Crippen molar-refractivity contribution in [2.75, 3.05) is 5.32 Å². The first-order chi connectivity index (χ1) is 12.2. The Morgan fingerprint density at radius 2 is 2.04 bits per heavy atom. The number of aromatic nitrogens is 2. The van der Waals surface area contributed by atoms with E-state index in [1.807, 2.05) is 36.4 Å². The summed E-state index contributed by atoms with van der Waals surface area (Å²) in [5.74, 6) is 0.347. The lowest BCUT2D eigenvalue weighted by Gasteiger charge is -2.09. The highest BCUT2D eigenvalue weighted by Gasteiger charge is 2.26. The van der Waals surface area contributed by atoms with Gasteiger partial charge in [-0.1, -0.05) is 47.6 Å². The highest BCUT2D eigenvalue weighted by atomic mass is 35.5. The minimum absolute atomic E-state index is 0.0440. The van der Waals surface area contributed by atoms with Gasteiger partial charge in [-0.05, 0) is 42.7 Å². The number of rotatable bonds is 3. The summed E-state index contributed by atoms with van der Waals surface area (Å²) < 4.78 is 5.70. The van der Waals surface area contributed by atoms with Crippen LogP contribution < -0.4 is 5.32 Å². The molecule has 126 valence electrons. The molecule has 0 unspecified atom stereocenters. The van der Waals surface area contributed by atoms with Crippen LogP contribution in [0.2, 0.25) is 5.02 Å². The Bertz CT molecular complexity index is 928. The molecule has 1 aliphatic rings. The van der Waals surface area contributed by atoms with Crippen LogP contribution in [0.4, 0.5) is 5.69 Å². The highest BCUT2D eigenvalue weighted by Crippen LogP contribution is 2.32. The quantitative estimate of drug-likeness (QED) is 0.737. The summed E-state index contributed by atoms with van der Waals surface area (Å²) in [5, 5.41) is 11.8. The van der Waals surface area contributed by atoms with Gasteiger partial charge < -0.3 is 9.73 Å². The number of aryl methyl sites for hydroxylation is 1. The maximum atomic E-state index is 12.5. The van der Waals surface area contributed by atoms with E-state index in [1.165, 1.54) is 11.8 Å². The van der Waals surface area contributed by atoms with E-state index in [0.717, 1.165) is 23.2 Å². The molecule has 1 aliphatic heterocycles. The number of hydrogen-bond acceptors (Lipinski definition) is 5. The number of carbonyl (C=O) groups excluding carboxylic acids is 1. The van der Waals surface area contributed by atoms with Crippen LogP contribution in [0.1, 0.15) is 12.0 Å². The van der Waals surface area contributed by atoms with Gasteiger partial charge >= 0.3 is 0 Å². The fourth-order valence-corrected chi connectivity index (χ4v) is 3.77. The van der Waals surface area contributed by atoms with Gasteiger partial charge in [-0.2, -0.15) is 0 Å². The maximum Gasteiger partial charge on any atom is 0.277 e. The molecular formula is C18H14ClN3O2S. The molecule has 1 atom stereocenters. The van der Waals surface area contributed by atoms with Crippen molar-refractivity contribution < 1.29 is 9.21 Å². The van der Waals surface area contributed by atoms with Gasteiger partial charge in [0.05, 0.1) is 5.25 Å². The summed E-state index contributed by atoms with van der Waals surface area (Å²) in [5.41, 5.74) is 2.77. The third-order valence-electron chi connectivity index (χ3n) is 3.96. The molecule has 7 heteroatoms. The van der Waals surface area contributed by atoms with Crippen LogP contribution in [0.15, 0.2) is 58.2 Å². The first-order valence-electron chi connectivity index (χ1n) is 7.84. The van der Waals surface area contributed by atoms with Gasteiger partial charge in [-0.25, -0.2) is 0 Å². The Balaban J connectivity index is 1.50. The van der Waals surface area contributed by atoms with E-state index in [2.05, 4.69) is 15.5 Å². The van der Waals surface area contributed by atoms with Crippen LogP contribution in [0.5, 0.6) is 0 Å². The van der Waals surface area contributed by atoms with Crippen LogP contribution in [0, 0.1) is 0 Å². The lowest BCUT2D eigenvalue weighted by Crippen LogP contribution is -2.23. The number of thioether (sulfide) groups is 1. The lowest BCUT2D eigenvalue weighted by molar-refractivity contribution is -0.115. The van der Waals surface area contributed by atoms with Crippen LogP contribution in [0.25, 0.3) is 11.5 Å². The average molecular weight is 372 g/mol. The molecule has 0 fully saturated rings. The monoisotopic (exact) mass is 371 g/mol. The number of para-hydroxylation sites is 1. The number of hydrogen-bond donors (Lipinski definition) is 1. The molecule has 4 rings (SSSR count). The second kappa shape index (κ2) is 6.90. The number of benzene rings is 2. The van der Waals surface area contributed by atoms with Crippen molar-refractivity contribution in [3.8, 4) is 11.5 Å². The lowest BCUT2D eigenvalue weighted by atomic mass is 10.1. The number of amides is 1. The van der Waals surface area contributed by atoms with Gasteiger partial charge in [0.1, 0.15) is 0 Å². The molecule has 0 saturated heterocycles. The van der Waals surface area contributed by atoms with Gasteiger partial charge in [-0.15, -0.1) is 10.2 Å². The maximum absolute atomic E-state index is 12.5. The highest BCUT2D eigenvalue weighted by molar-refractivity contribution is 8.00. The van der Waals surface area contributed by atoms with E-state index >= 15 is 0 Å². The SMILES string of the molecule is O=C1Nc2ccccc2CC[C@@H]1Sc1nnc(-c2cccc(Cl)c2)o1. The number of nitrogens with one attached hydrogen (secondary N) is 1. The van der Waals surface area contributed by atoms with Gasteiger partial charge in [-0.3, -0.25) is 4.79 Å². The first kappa shape index (κ1) is 16.2. The summed E-state index contributed by atoms with van der Waals surface area (Å²) in [7, 11) is 0. The van der Waals surface area contributed by atoms with Gasteiger partial charge in [0, 0.05) is 16.3 Å². The average Bonchev–Trinajstić information content (AvgIpc) is 3.02. The van der Waals surface area contributed by atoms with E-state index in [9.17, 15) is 4.79 Å². The zero-order chi connectivity index (χ0) is 17.2. The van der Waals surface area contributed by atoms with Crippen molar-refractivity contribution >= 4 is 35.0 Å². The summed E-state index contributed by atoms with van der Waals surface area (Å²) >= 11 is 7.28. The Kier molecular flexibility index (Phi) is 4.46. The van der Waals surface area contributed by atoms with Crippen molar-refractivity contribution in [1.29, 1.82) is 0 Å². The van der Waals surface area contributed by atoms with E-state index in [0.29, 0.717) is 22.6 Å². The van der Waals surface area contributed by atoms with Crippen molar-refractivity contribution in [2.45, 2.75) is 23.3 Å². The zero-order valence-corrected chi connectivity index (χ0v) is 14.7. The summed E-state index contributed by atoms with van der Waals surface area (Å²) in [6.45, 7) is 0. The minimum atomic E-state index is -0.278. The van der Waals surface area contributed by atoms with E-state index in [1.54, 1.807) is 12.1 Å². The summed E-state index contributed by atoms with van der Waals surface area (Å²) in [6.07, 6.45) is 1.53. The number of halogens is 1. The Labute approximate surface area is 153 Å². The molecule has 2 heterocycles. The number of nitrogens with zero attached hydrogens (tertiary/aromatic N) is 2. The number of anilines is 1. The molecule has 1 N–H and O–H groups in total. The molecule has 0 spiro atoms. The predicted octanol–water partition coefficient (Wildman–Crippen LogP) is 4.44. The number of carbonyl (C=O) groups is 1. The second-order valence-corrected chi connectivity index (χ2v) is 7.27. The van der Waals surface area contributed by atoms with Crippen LogP contribution in [0.3, 0.4) is 0 Å². The summed E-state index contributed by atoms with van der Waals surface area (Å²) in [6, 6.07) is 15.1. The fraction of sp³-hybridized carbons (Fsp3) is 0.167. The molecule has 5 nitrogen and oxygen atoms in total. The minimum Gasteiger partial charge on any atom is -0.411 e. The molecule has 25 heavy (non-hydrogen) atoms. The fourth-order valence-electron chi connectivity index (χ4n) is 2.72. The molecular weight excluding hydrogens is 358 g/mol. The van der Waals surface area contributed by atoms with Crippen molar-refractivity contribution in [2.24, 2.45) is 0 Å². The number of fused-ring (bicyclic) bond motifs is 1. The van der Waals surface area contributed by atoms with Gasteiger partial charge in [0.25, 0.3) is 5.22 Å². The van der Waals surface area contributed by atoms with Crippen LogP contribution in [-0.2, 0) is 11.2 Å². The van der Waals surface area contributed by atoms with Crippen LogP contribution >= 0.6 is 23.4 Å². The molecule has 1 amide bonds. The smallest absolute Gasteiger partial charge is 0.277 e. The Morgan fingerprint density at radius 3 is 2.92 bits per heavy atom. The van der Waals surface area contributed by atoms with Crippen molar-refractivity contribution in [3.63, 3.8) is 0 Å². The van der Waals surface area contributed by atoms with E-state index in [-0.39, 0.29) is 11.2 Å². The van der Waals surface area contributed by atoms with E-state index < -0.39 is 0 Å². The molecule has 0 saturated carbocycles. The molecule has 0 radical (unpaired) electrons. The first-order valence-corrected chi connectivity index (χ1v) is 9.10. The van der Waals surface area contributed by atoms with Crippen LogP contribution in [-0.4, -0.2) is 21.4 Å². The second-order valence-electron chi connectivity index (χ2n) is 5.68. The molecule has 3 aromatic rings. The van der Waals surface area contributed by atoms with E-state index in [4.69, 9.17) is 16.0 Å². The molecule has 0 aliphatic carbocycles. The Morgan fingerprint density at radius 1 is 1.16 bits per heavy atom. The van der Waals surface area contributed by atoms with Crippen molar-refractivity contribution in [3.05, 3.63) is 59.1 Å². The zero-order valence-electron chi connectivity index (χ0n) is 13.1. The third-order valence-corrected chi connectivity index (χ3v) is 5.30. The Hall–Kier alpha value is -2.31. The normalized spacial score (nSPS) is 16.8. The molecule has 1 aromatic heterocycles. The molecule has 2 aromatic carbocycles. The topological polar surface area (TPSA) is 68.0 Å². The largest absolute Gasteiger partial charge is 0.411 e. The van der Waals surface area contributed by atoms with Gasteiger partial charge in [0.2, 0.25) is 11.8 Å². The van der Waals surface area contributed by atoms with Crippen molar-refractivity contribution in [1.82, 2.24) is 10.2 Å². The molecule has 0 bridgehead atoms. The van der Waals surface area contributed by atoms with Gasteiger partial charge in [0.15, 0.2) is 0 Å². The third kappa shape index (κ3) is 3.55. The predicted molar refractivity (Wildman–Crippen MR) is 97.8 cm³/mol. The summed E-state index contributed by atoms with van der Waals surface area (Å²) in [4.78, 5) is 12.5.